The van der Waals surface area contributed by atoms with Crippen LogP contribution in [-0.2, 0) is 0 Å². The second-order valence-electron chi connectivity index (χ2n) is 2.73. The van der Waals surface area contributed by atoms with Crippen LogP contribution in [0.1, 0.15) is 18.8 Å². The fraction of sp³-hybridized carbons (Fsp3) is 0.333. The predicted molar refractivity (Wildman–Crippen MR) is 50.2 cm³/mol. The molecule has 2 aromatic rings. The minimum atomic E-state index is -0.277. The molecule has 0 aliphatic carbocycles. The third kappa shape index (κ3) is 1.44. The smallest absolute Gasteiger partial charge is 0.281 e. The molecule has 0 aliphatic rings. The highest BCUT2D eigenvalue weighted by Crippen LogP contribution is 2.24. The van der Waals surface area contributed by atoms with Crippen LogP contribution in [0.3, 0.4) is 0 Å². The number of hydrogen-bond donors (Lipinski definition) is 2. The zero-order valence-corrected chi connectivity index (χ0v) is 8.15. The molecule has 1 unspecified atom stereocenters. The standard InChI is InChI=1S/C6H8N6OS/c1-2(7)5-9-6(13-11-5)3-4(8)14-12-10-3/h2H,7-8H2,1H3. The Hall–Kier alpha value is -1.54. The maximum Gasteiger partial charge on any atom is 0.281 e. The number of nitrogens with two attached hydrogens (primary N) is 2. The van der Waals surface area contributed by atoms with Crippen molar-refractivity contribution in [2.24, 2.45) is 5.73 Å². The molecule has 0 radical (unpaired) electrons. The van der Waals surface area contributed by atoms with Gasteiger partial charge in [-0.25, -0.2) is 0 Å². The Morgan fingerprint density at radius 1 is 1.50 bits per heavy atom. The molecule has 8 heteroatoms. The van der Waals surface area contributed by atoms with E-state index in [0.29, 0.717) is 16.5 Å². The van der Waals surface area contributed by atoms with E-state index in [1.807, 2.05) is 0 Å². The van der Waals surface area contributed by atoms with E-state index in [1.165, 1.54) is 0 Å². The molecule has 0 spiro atoms. The van der Waals surface area contributed by atoms with E-state index in [9.17, 15) is 0 Å². The van der Waals surface area contributed by atoms with Gasteiger partial charge in [-0.15, -0.1) is 5.10 Å². The van der Waals surface area contributed by atoms with Gasteiger partial charge in [0.15, 0.2) is 11.5 Å². The van der Waals surface area contributed by atoms with Crippen LogP contribution < -0.4 is 11.5 Å². The van der Waals surface area contributed by atoms with Gasteiger partial charge in [-0.3, -0.25) is 0 Å². The van der Waals surface area contributed by atoms with Gasteiger partial charge in [0.2, 0.25) is 0 Å². The third-order valence-electron chi connectivity index (χ3n) is 1.56. The Kier molecular flexibility index (Phi) is 2.14. The molecular formula is C6H8N6OS. The largest absolute Gasteiger partial charge is 0.387 e. The fourth-order valence-electron chi connectivity index (χ4n) is 0.862. The van der Waals surface area contributed by atoms with Gasteiger partial charge in [0.1, 0.15) is 5.00 Å². The monoisotopic (exact) mass is 212 g/mol. The summed E-state index contributed by atoms with van der Waals surface area (Å²) in [6.45, 7) is 1.76. The van der Waals surface area contributed by atoms with E-state index in [1.54, 1.807) is 6.92 Å². The van der Waals surface area contributed by atoms with E-state index in [4.69, 9.17) is 16.0 Å². The number of aromatic nitrogens is 4. The number of hydrogen-bond acceptors (Lipinski definition) is 8. The number of anilines is 1. The quantitative estimate of drug-likeness (QED) is 0.729. The molecule has 0 saturated heterocycles. The molecule has 4 N–H and O–H groups in total. The summed E-state index contributed by atoms with van der Waals surface area (Å²) in [6, 6.07) is -0.277. The van der Waals surface area contributed by atoms with Crippen LogP contribution in [0.4, 0.5) is 5.00 Å². The van der Waals surface area contributed by atoms with Crippen molar-refractivity contribution in [1.29, 1.82) is 0 Å². The normalized spacial score (nSPS) is 13.0. The van der Waals surface area contributed by atoms with Gasteiger partial charge in [0.05, 0.1) is 6.04 Å². The molecular weight excluding hydrogens is 204 g/mol. The van der Waals surface area contributed by atoms with Gasteiger partial charge in [-0.2, -0.15) is 4.98 Å². The molecule has 0 bridgehead atoms. The average Bonchev–Trinajstić information content (AvgIpc) is 2.71. The first-order valence-electron chi connectivity index (χ1n) is 3.86. The number of nitrogen functional groups attached to an aromatic ring is 1. The first kappa shape index (κ1) is 9.03. The summed E-state index contributed by atoms with van der Waals surface area (Å²) in [5.41, 5.74) is 11.6. The first-order valence-corrected chi connectivity index (χ1v) is 4.63. The lowest BCUT2D eigenvalue weighted by Gasteiger charge is -1.92. The van der Waals surface area contributed by atoms with Gasteiger partial charge in [0.25, 0.3) is 5.89 Å². The predicted octanol–water partition coefficient (Wildman–Crippen LogP) is 0.190. The van der Waals surface area contributed by atoms with Gasteiger partial charge < -0.3 is 16.0 Å². The molecule has 74 valence electrons. The molecule has 7 nitrogen and oxygen atoms in total. The third-order valence-corrected chi connectivity index (χ3v) is 2.12. The van der Waals surface area contributed by atoms with Crippen molar-refractivity contribution in [2.45, 2.75) is 13.0 Å². The van der Waals surface area contributed by atoms with Crippen LogP contribution in [0.5, 0.6) is 0 Å². The highest BCUT2D eigenvalue weighted by atomic mass is 32.1. The van der Waals surface area contributed by atoms with Crippen LogP contribution >= 0.6 is 11.5 Å². The average molecular weight is 212 g/mol. The van der Waals surface area contributed by atoms with Gasteiger partial charge in [0, 0.05) is 11.5 Å². The maximum atomic E-state index is 5.59. The zero-order chi connectivity index (χ0) is 10.1. The van der Waals surface area contributed by atoms with Crippen molar-refractivity contribution < 1.29 is 4.52 Å². The Balaban J connectivity index is 2.39. The summed E-state index contributed by atoms with van der Waals surface area (Å²) in [5, 5.41) is 7.90. The van der Waals surface area contributed by atoms with Crippen LogP contribution in [0.25, 0.3) is 11.6 Å². The Morgan fingerprint density at radius 3 is 2.79 bits per heavy atom. The maximum absolute atomic E-state index is 5.59. The van der Waals surface area contributed by atoms with E-state index in [0.717, 1.165) is 11.5 Å². The summed E-state index contributed by atoms with van der Waals surface area (Å²) in [7, 11) is 0. The zero-order valence-electron chi connectivity index (χ0n) is 7.34. The lowest BCUT2D eigenvalue weighted by atomic mass is 10.3. The molecule has 0 aromatic carbocycles. The fourth-order valence-corrected chi connectivity index (χ4v) is 1.29. The second-order valence-corrected chi connectivity index (χ2v) is 3.52. The van der Waals surface area contributed by atoms with Gasteiger partial charge >= 0.3 is 0 Å². The summed E-state index contributed by atoms with van der Waals surface area (Å²) >= 11 is 1.07. The van der Waals surface area contributed by atoms with Crippen molar-refractivity contribution in [3.63, 3.8) is 0 Å². The van der Waals surface area contributed by atoms with Gasteiger partial charge in [-0.1, -0.05) is 9.64 Å². The van der Waals surface area contributed by atoms with Crippen molar-refractivity contribution in [1.82, 2.24) is 19.7 Å². The molecule has 14 heavy (non-hydrogen) atoms. The van der Waals surface area contributed by atoms with Crippen molar-refractivity contribution in [3.8, 4) is 11.6 Å². The number of rotatable bonds is 2. The first-order chi connectivity index (χ1) is 6.68. The summed E-state index contributed by atoms with van der Waals surface area (Å²) in [6.07, 6.45) is 0. The lowest BCUT2D eigenvalue weighted by Crippen LogP contribution is -2.06. The number of nitrogens with zero attached hydrogens (tertiary/aromatic N) is 4. The van der Waals surface area contributed by atoms with E-state index < -0.39 is 0 Å². The van der Waals surface area contributed by atoms with Crippen LogP contribution in [0.15, 0.2) is 4.52 Å². The van der Waals surface area contributed by atoms with E-state index >= 15 is 0 Å². The van der Waals surface area contributed by atoms with Gasteiger partial charge in [-0.05, 0) is 6.92 Å². The van der Waals surface area contributed by atoms with Crippen LogP contribution in [-0.4, -0.2) is 19.7 Å². The summed E-state index contributed by atoms with van der Waals surface area (Å²) in [4.78, 5) is 4.03. The van der Waals surface area contributed by atoms with E-state index in [-0.39, 0.29) is 11.9 Å². The highest BCUT2D eigenvalue weighted by molar-refractivity contribution is 7.10. The van der Waals surface area contributed by atoms with Crippen molar-refractivity contribution >= 4 is 16.5 Å². The molecule has 1 atom stereocenters. The Bertz CT molecular complexity index is 435. The van der Waals surface area contributed by atoms with E-state index in [2.05, 4.69) is 19.7 Å². The molecule has 0 aliphatic heterocycles. The summed E-state index contributed by atoms with van der Waals surface area (Å²) < 4.78 is 8.59. The molecule has 2 aromatic heterocycles. The molecule has 2 heterocycles. The van der Waals surface area contributed by atoms with Crippen LogP contribution in [0.2, 0.25) is 0 Å². The van der Waals surface area contributed by atoms with Crippen molar-refractivity contribution in [3.05, 3.63) is 5.82 Å². The second kappa shape index (κ2) is 3.31. The SMILES string of the molecule is CC(N)c1noc(-c2nnsc2N)n1. The Labute approximate surface area is 83.3 Å². The topological polar surface area (TPSA) is 117 Å². The molecule has 2 rings (SSSR count). The minimum absolute atomic E-state index is 0.253. The molecule has 0 amide bonds. The highest BCUT2D eigenvalue weighted by Gasteiger charge is 2.16. The van der Waals surface area contributed by atoms with Crippen LogP contribution in [0, 0.1) is 0 Å². The van der Waals surface area contributed by atoms with Crippen molar-refractivity contribution in [2.75, 3.05) is 5.73 Å². The Morgan fingerprint density at radius 2 is 2.29 bits per heavy atom. The molecule has 0 fully saturated rings. The lowest BCUT2D eigenvalue weighted by molar-refractivity contribution is 0.417. The summed E-state index contributed by atoms with van der Waals surface area (Å²) in [5.74, 6) is 0.677. The minimum Gasteiger partial charge on any atom is -0.387 e. The molecule has 0 saturated carbocycles.